The summed E-state index contributed by atoms with van der Waals surface area (Å²) in [6.07, 6.45) is 3.23. The van der Waals surface area contributed by atoms with Crippen LogP contribution in [0.25, 0.3) is 0 Å². The molecule has 3 nitrogen and oxygen atoms in total. The predicted octanol–water partition coefficient (Wildman–Crippen LogP) is 0.739. The van der Waals surface area contributed by atoms with Crippen LogP contribution in [0.1, 0.15) is 19.3 Å². The minimum Gasteiger partial charge on any atom is -0.387 e. The van der Waals surface area contributed by atoms with Crippen LogP contribution in [0.15, 0.2) is 0 Å². The van der Waals surface area contributed by atoms with Crippen molar-refractivity contribution in [2.24, 2.45) is 11.1 Å². The van der Waals surface area contributed by atoms with E-state index in [4.69, 9.17) is 15.9 Å². The average molecular weight is 142 g/mol. The van der Waals surface area contributed by atoms with Crippen molar-refractivity contribution in [3.63, 3.8) is 0 Å². The van der Waals surface area contributed by atoms with E-state index in [0.717, 1.165) is 12.8 Å². The van der Waals surface area contributed by atoms with Gasteiger partial charge in [-0.05, 0) is 12.8 Å². The summed E-state index contributed by atoms with van der Waals surface area (Å²) >= 11 is 0. The third-order valence-corrected chi connectivity index (χ3v) is 2.30. The molecule has 0 bridgehead atoms. The van der Waals surface area contributed by atoms with Crippen LogP contribution in [0.3, 0.4) is 0 Å². The summed E-state index contributed by atoms with van der Waals surface area (Å²) in [7, 11) is 1.66. The number of nitrogens with two attached hydrogens (primary N) is 1. The first-order valence-corrected chi connectivity index (χ1v) is 3.55. The molecule has 0 saturated heterocycles. The predicted molar refractivity (Wildman–Crippen MR) is 40.1 cm³/mol. The molecule has 3 heteroatoms. The van der Waals surface area contributed by atoms with E-state index < -0.39 is 0 Å². The lowest BCUT2D eigenvalue weighted by atomic mass is 9.68. The van der Waals surface area contributed by atoms with Gasteiger partial charge in [-0.2, -0.15) is 0 Å². The molecular formula is C7H14N2O. The fraction of sp³-hybridized carbons (Fsp3) is 0.857. The molecule has 58 valence electrons. The molecule has 0 amide bonds. The van der Waals surface area contributed by atoms with Crippen molar-refractivity contribution in [2.45, 2.75) is 19.3 Å². The molecule has 0 spiro atoms. The summed E-state index contributed by atoms with van der Waals surface area (Å²) in [6, 6.07) is 0. The molecule has 0 aromatic heterocycles. The molecule has 1 aliphatic carbocycles. The van der Waals surface area contributed by atoms with E-state index >= 15 is 0 Å². The zero-order valence-electron chi connectivity index (χ0n) is 6.31. The number of rotatable bonds is 3. The molecule has 1 saturated carbocycles. The van der Waals surface area contributed by atoms with Gasteiger partial charge in [-0.3, -0.25) is 5.41 Å². The molecule has 3 N–H and O–H groups in total. The van der Waals surface area contributed by atoms with Gasteiger partial charge in [0.2, 0.25) is 0 Å². The molecule has 0 atom stereocenters. The van der Waals surface area contributed by atoms with Crippen molar-refractivity contribution in [3.05, 3.63) is 0 Å². The highest BCUT2D eigenvalue weighted by Crippen LogP contribution is 2.40. The summed E-state index contributed by atoms with van der Waals surface area (Å²) < 4.78 is 4.99. The second-order valence-electron chi connectivity index (χ2n) is 2.98. The molecule has 0 unspecified atom stereocenters. The van der Waals surface area contributed by atoms with E-state index in [-0.39, 0.29) is 5.41 Å². The SMILES string of the molecule is COCC1(C(=N)N)CCC1. The maximum Gasteiger partial charge on any atom is 0.0992 e. The fourth-order valence-electron chi connectivity index (χ4n) is 1.37. The number of nitrogens with one attached hydrogen (secondary N) is 1. The van der Waals surface area contributed by atoms with Crippen molar-refractivity contribution in [3.8, 4) is 0 Å². The number of ether oxygens (including phenoxy) is 1. The highest BCUT2D eigenvalue weighted by atomic mass is 16.5. The molecule has 1 fully saturated rings. The number of hydrogen-bond acceptors (Lipinski definition) is 2. The van der Waals surface area contributed by atoms with Gasteiger partial charge in [-0.15, -0.1) is 0 Å². The Morgan fingerprint density at radius 1 is 1.70 bits per heavy atom. The largest absolute Gasteiger partial charge is 0.387 e. The first-order chi connectivity index (χ1) is 4.71. The van der Waals surface area contributed by atoms with Crippen LogP contribution in [-0.4, -0.2) is 19.6 Å². The lowest BCUT2D eigenvalue weighted by Gasteiger charge is -2.39. The fourth-order valence-corrected chi connectivity index (χ4v) is 1.37. The minimum atomic E-state index is -0.0885. The third-order valence-electron chi connectivity index (χ3n) is 2.30. The molecule has 0 aromatic carbocycles. The second kappa shape index (κ2) is 2.58. The van der Waals surface area contributed by atoms with Crippen molar-refractivity contribution in [2.75, 3.05) is 13.7 Å². The Kier molecular flexibility index (Phi) is 1.94. The Balaban J connectivity index is 2.50. The van der Waals surface area contributed by atoms with Crippen LogP contribution in [0, 0.1) is 10.8 Å². The zero-order valence-corrected chi connectivity index (χ0v) is 6.31. The summed E-state index contributed by atoms with van der Waals surface area (Å²) in [5.74, 6) is 0.292. The van der Waals surface area contributed by atoms with Crippen molar-refractivity contribution < 1.29 is 4.74 Å². The van der Waals surface area contributed by atoms with Gasteiger partial charge < -0.3 is 10.5 Å². The van der Waals surface area contributed by atoms with Crippen molar-refractivity contribution >= 4 is 5.84 Å². The van der Waals surface area contributed by atoms with Gasteiger partial charge in [0.25, 0.3) is 0 Å². The Bertz CT molecular complexity index is 141. The second-order valence-corrected chi connectivity index (χ2v) is 2.98. The van der Waals surface area contributed by atoms with Gasteiger partial charge in [0, 0.05) is 7.11 Å². The smallest absolute Gasteiger partial charge is 0.0992 e. The Morgan fingerprint density at radius 3 is 2.40 bits per heavy atom. The van der Waals surface area contributed by atoms with E-state index in [1.54, 1.807) is 7.11 Å². The monoisotopic (exact) mass is 142 g/mol. The van der Waals surface area contributed by atoms with Gasteiger partial charge in [0.05, 0.1) is 17.9 Å². The lowest BCUT2D eigenvalue weighted by Crippen LogP contribution is -2.45. The summed E-state index contributed by atoms with van der Waals surface area (Å²) in [5, 5.41) is 7.30. The Morgan fingerprint density at radius 2 is 2.30 bits per heavy atom. The Hall–Kier alpha value is -0.570. The normalized spacial score (nSPS) is 21.7. The van der Waals surface area contributed by atoms with Crippen LogP contribution in [0.5, 0.6) is 0 Å². The molecule has 1 rings (SSSR count). The molecule has 0 radical (unpaired) electrons. The van der Waals surface area contributed by atoms with Crippen LogP contribution >= 0.6 is 0 Å². The van der Waals surface area contributed by atoms with E-state index in [2.05, 4.69) is 0 Å². The first kappa shape index (κ1) is 7.54. The first-order valence-electron chi connectivity index (χ1n) is 3.55. The van der Waals surface area contributed by atoms with Crippen molar-refractivity contribution in [1.82, 2.24) is 0 Å². The maximum absolute atomic E-state index is 7.30. The topological polar surface area (TPSA) is 59.1 Å². The highest BCUT2D eigenvalue weighted by Gasteiger charge is 2.39. The van der Waals surface area contributed by atoms with Crippen molar-refractivity contribution in [1.29, 1.82) is 5.41 Å². The van der Waals surface area contributed by atoms with Gasteiger partial charge in [-0.25, -0.2) is 0 Å². The summed E-state index contributed by atoms with van der Waals surface area (Å²) in [4.78, 5) is 0. The van der Waals surface area contributed by atoms with Gasteiger partial charge in [0.15, 0.2) is 0 Å². The number of hydrogen-bond donors (Lipinski definition) is 2. The van der Waals surface area contributed by atoms with E-state index in [0.29, 0.717) is 12.4 Å². The van der Waals surface area contributed by atoms with Gasteiger partial charge >= 0.3 is 0 Å². The van der Waals surface area contributed by atoms with Crippen LogP contribution < -0.4 is 5.73 Å². The lowest BCUT2D eigenvalue weighted by molar-refractivity contribution is 0.0699. The molecule has 0 aromatic rings. The Labute approximate surface area is 61.1 Å². The highest BCUT2D eigenvalue weighted by molar-refractivity contribution is 5.84. The van der Waals surface area contributed by atoms with E-state index in [9.17, 15) is 0 Å². The summed E-state index contributed by atoms with van der Waals surface area (Å²) in [6.45, 7) is 0.613. The molecular weight excluding hydrogens is 128 g/mol. The zero-order chi connectivity index (χ0) is 7.61. The number of methoxy groups -OCH3 is 1. The standard InChI is InChI=1S/C7H14N2O/c1-10-5-7(6(8)9)3-2-4-7/h2-5H2,1H3,(H3,8,9). The van der Waals surface area contributed by atoms with Crippen LogP contribution in [-0.2, 0) is 4.74 Å². The minimum absolute atomic E-state index is 0.0885. The van der Waals surface area contributed by atoms with Crippen LogP contribution in [0.4, 0.5) is 0 Å². The average Bonchev–Trinajstić information content (AvgIpc) is 1.77. The van der Waals surface area contributed by atoms with Gasteiger partial charge in [-0.1, -0.05) is 6.42 Å². The molecule has 10 heavy (non-hydrogen) atoms. The maximum atomic E-state index is 7.30. The van der Waals surface area contributed by atoms with E-state index in [1.807, 2.05) is 0 Å². The van der Waals surface area contributed by atoms with E-state index in [1.165, 1.54) is 6.42 Å². The van der Waals surface area contributed by atoms with Gasteiger partial charge in [0.1, 0.15) is 0 Å². The van der Waals surface area contributed by atoms with Crippen LogP contribution in [0.2, 0.25) is 0 Å². The molecule has 0 aliphatic heterocycles. The molecule has 0 heterocycles. The third kappa shape index (κ3) is 1.01. The quantitative estimate of drug-likeness (QED) is 0.451. The molecule has 1 aliphatic rings. The summed E-state index contributed by atoms with van der Waals surface area (Å²) in [5.41, 5.74) is 5.33. The number of amidine groups is 1.